The molecule has 0 aliphatic carbocycles. The number of carboxylic acid groups (broad SMARTS) is 1. The van der Waals surface area contributed by atoms with Crippen molar-refractivity contribution < 1.29 is 24.1 Å². The highest BCUT2D eigenvalue weighted by molar-refractivity contribution is 7.22. The Morgan fingerprint density at radius 2 is 1.85 bits per heavy atom. The van der Waals surface area contributed by atoms with Crippen LogP contribution < -0.4 is 15.0 Å². The second-order valence-corrected chi connectivity index (χ2v) is 15.7. The number of unbranched alkanes of at least 4 members (excludes halogenated alkanes) is 1. The molecule has 0 saturated carbocycles. The van der Waals surface area contributed by atoms with E-state index in [0.717, 1.165) is 35.2 Å². The van der Waals surface area contributed by atoms with Gasteiger partial charge in [-0.3, -0.25) is 4.90 Å². The summed E-state index contributed by atoms with van der Waals surface area (Å²) in [7, 11) is 5.84. The number of carbonyl (C=O) groups is 1. The van der Waals surface area contributed by atoms with Gasteiger partial charge in [-0.25, -0.2) is 19.2 Å². The number of halogens is 1. The molecule has 12 nitrogen and oxygen atoms in total. The number of aromatic carboxylic acids is 1. The average molecular weight is 789 g/mol. The maximum Gasteiger partial charge on any atom is 0.355 e. The third-order valence-electron chi connectivity index (χ3n) is 8.59. The predicted octanol–water partition coefficient (Wildman–Crippen LogP) is 7.37. The van der Waals surface area contributed by atoms with Crippen molar-refractivity contribution in [1.29, 1.82) is 0 Å². The van der Waals surface area contributed by atoms with Crippen LogP contribution in [0.4, 0.5) is 26.3 Å². The normalized spacial score (nSPS) is 11.9. The number of aromatic nitrogens is 4. The highest BCUT2D eigenvalue weighted by Gasteiger charge is 2.24. The fourth-order valence-electron chi connectivity index (χ4n) is 5.72. The van der Waals surface area contributed by atoms with Gasteiger partial charge in [-0.15, -0.1) is 21.5 Å². The molecule has 0 fully saturated rings. The van der Waals surface area contributed by atoms with Gasteiger partial charge < -0.3 is 30.1 Å². The molecule has 0 aliphatic rings. The Kier molecular flexibility index (Phi) is 15.3. The molecule has 5 aromatic rings. The van der Waals surface area contributed by atoms with Crippen molar-refractivity contribution in [1.82, 2.24) is 30.0 Å². The topological polar surface area (TPSA) is 140 Å². The van der Waals surface area contributed by atoms with E-state index in [1.165, 1.54) is 28.7 Å². The number of ether oxygens (including phenoxy) is 1. The number of aliphatic hydroxyl groups excluding tert-OH is 1. The van der Waals surface area contributed by atoms with Crippen molar-refractivity contribution in [3.05, 3.63) is 76.0 Å². The zero-order valence-electron chi connectivity index (χ0n) is 32.0. The van der Waals surface area contributed by atoms with E-state index in [2.05, 4.69) is 49.1 Å². The molecule has 0 spiro atoms. The Balaban J connectivity index is 1.30. The lowest BCUT2D eigenvalue weighted by Crippen LogP contribution is -2.30. The molecule has 0 saturated heterocycles. The first-order chi connectivity index (χ1) is 26.5. The number of hydrogen-bond acceptors (Lipinski definition) is 13. The lowest BCUT2D eigenvalue weighted by Gasteiger charge is -2.23. The minimum atomic E-state index is -1.14. The van der Waals surface area contributed by atoms with Crippen LogP contribution in [0.2, 0.25) is 0 Å². The van der Waals surface area contributed by atoms with Crippen LogP contribution in [0.3, 0.4) is 0 Å². The number of thiazole rings is 2. The van der Waals surface area contributed by atoms with Crippen LogP contribution in [-0.2, 0) is 6.42 Å². The molecule has 3 N–H and O–H groups in total. The number of aryl methyl sites for hydroxylation is 2. The van der Waals surface area contributed by atoms with Crippen LogP contribution in [-0.4, -0.2) is 106 Å². The Labute approximate surface area is 330 Å². The summed E-state index contributed by atoms with van der Waals surface area (Å²) in [5.74, 6) is 5.46. The van der Waals surface area contributed by atoms with Crippen molar-refractivity contribution in [3.63, 3.8) is 0 Å². The Hall–Kier alpha value is -4.72. The van der Waals surface area contributed by atoms with Gasteiger partial charge in [-0.2, -0.15) is 0 Å². The van der Waals surface area contributed by atoms with E-state index < -0.39 is 17.9 Å². The standard InChI is InChI=1S/C40H49FN8O4S2/c1-6-7-21-48(5)26-29(50)14-11-22-49(35-24-27(2)37(46-45-35)44-39-42-31-15-8-9-16-33(31)54-39)40-43-36(38(51)52)34(55-40)17-12-23-53-32-19-18-28(25-30(32)41)13-10-20-47(3)4/h8-9,15-16,18-19,24-25,29,50H,6-7,11-12,14,17,20-23,26H2,1-5H3,(H,51,52)(H,42,44,46). The second-order valence-electron chi connectivity index (χ2n) is 13.6. The number of fused-ring (bicyclic) bond motifs is 1. The smallest absolute Gasteiger partial charge is 0.355 e. The Morgan fingerprint density at radius 1 is 1.04 bits per heavy atom. The van der Waals surface area contributed by atoms with E-state index in [1.54, 1.807) is 12.1 Å². The zero-order chi connectivity index (χ0) is 39.3. The van der Waals surface area contributed by atoms with Crippen molar-refractivity contribution in [3.8, 4) is 17.6 Å². The summed E-state index contributed by atoms with van der Waals surface area (Å²) in [6.45, 7) is 6.73. The number of nitrogens with zero attached hydrogens (tertiary/aromatic N) is 7. The molecule has 3 heterocycles. The number of anilines is 4. The summed E-state index contributed by atoms with van der Waals surface area (Å²) < 4.78 is 21.5. The molecule has 2 aromatic carbocycles. The number of likely N-dealkylation sites (N-methyl/N-ethyl adjacent to an activating group) is 1. The van der Waals surface area contributed by atoms with Crippen molar-refractivity contribution in [2.45, 2.75) is 58.5 Å². The first kappa shape index (κ1) is 41.4. The van der Waals surface area contributed by atoms with Gasteiger partial charge in [0.05, 0.1) is 29.5 Å². The molecule has 0 bridgehead atoms. The minimum Gasteiger partial charge on any atom is -0.491 e. The maximum absolute atomic E-state index is 14.7. The summed E-state index contributed by atoms with van der Waals surface area (Å²) in [4.78, 5) is 28.1. The van der Waals surface area contributed by atoms with E-state index >= 15 is 0 Å². The number of para-hydroxylation sites is 1. The van der Waals surface area contributed by atoms with E-state index in [9.17, 15) is 19.4 Å². The van der Waals surface area contributed by atoms with Crippen molar-refractivity contribution >= 4 is 60.8 Å². The lowest BCUT2D eigenvalue weighted by atomic mass is 10.1. The number of hydrogen-bond donors (Lipinski definition) is 3. The summed E-state index contributed by atoms with van der Waals surface area (Å²) >= 11 is 2.79. The van der Waals surface area contributed by atoms with Crippen LogP contribution in [0.25, 0.3) is 10.2 Å². The van der Waals surface area contributed by atoms with Gasteiger partial charge in [0.25, 0.3) is 0 Å². The first-order valence-corrected chi connectivity index (χ1v) is 20.0. The van der Waals surface area contributed by atoms with Gasteiger partial charge in [0.2, 0.25) is 0 Å². The SMILES string of the molecule is CCCCN(C)CC(O)CCCN(c1cc(C)c(Nc2nc3ccccc3s2)nn1)c1nc(C(=O)O)c(CCCOc2ccc(C#CCN(C)C)cc2F)s1. The Morgan fingerprint density at radius 3 is 2.58 bits per heavy atom. The molecule has 292 valence electrons. The number of benzene rings is 2. The molecule has 0 radical (unpaired) electrons. The van der Waals surface area contributed by atoms with Gasteiger partial charge in [-0.05, 0) is 109 Å². The maximum atomic E-state index is 14.7. The average Bonchev–Trinajstić information content (AvgIpc) is 3.76. The van der Waals surface area contributed by atoms with Gasteiger partial charge >= 0.3 is 5.97 Å². The molecule has 0 amide bonds. The predicted molar refractivity (Wildman–Crippen MR) is 219 cm³/mol. The van der Waals surface area contributed by atoms with Crippen LogP contribution >= 0.6 is 22.7 Å². The second kappa shape index (κ2) is 20.3. The monoisotopic (exact) mass is 788 g/mol. The van der Waals surface area contributed by atoms with E-state index in [0.29, 0.717) is 77.7 Å². The van der Waals surface area contributed by atoms with Crippen molar-refractivity contribution in [2.24, 2.45) is 0 Å². The van der Waals surface area contributed by atoms with Gasteiger partial charge in [0.15, 0.2) is 39.2 Å². The molecule has 5 rings (SSSR count). The van der Waals surface area contributed by atoms with Crippen LogP contribution in [0.15, 0.2) is 48.5 Å². The van der Waals surface area contributed by atoms with Crippen LogP contribution in [0.1, 0.15) is 65.5 Å². The lowest BCUT2D eigenvalue weighted by molar-refractivity contribution is 0.0690. The summed E-state index contributed by atoms with van der Waals surface area (Å²) in [6.07, 6.45) is 3.59. The van der Waals surface area contributed by atoms with Gasteiger partial charge in [-0.1, -0.05) is 48.7 Å². The fourth-order valence-corrected chi connectivity index (χ4v) is 7.71. The van der Waals surface area contributed by atoms with Gasteiger partial charge in [0.1, 0.15) is 0 Å². The third-order valence-corrected chi connectivity index (χ3v) is 10.7. The third kappa shape index (κ3) is 12.1. The quantitative estimate of drug-likeness (QED) is 0.0536. The number of carboxylic acids is 1. The molecular weight excluding hydrogens is 740 g/mol. The molecule has 1 atom stereocenters. The highest BCUT2D eigenvalue weighted by Crippen LogP contribution is 2.34. The molecule has 1 unspecified atom stereocenters. The fraction of sp³-hybridized carbons (Fsp3) is 0.425. The van der Waals surface area contributed by atoms with Crippen LogP contribution in [0, 0.1) is 24.6 Å². The molecular formula is C40H49FN8O4S2. The molecule has 3 aromatic heterocycles. The Bertz CT molecular complexity index is 2060. The molecule has 15 heteroatoms. The summed E-state index contributed by atoms with van der Waals surface area (Å²) in [5.41, 5.74) is 2.23. The van der Waals surface area contributed by atoms with E-state index in [1.807, 2.05) is 68.2 Å². The van der Waals surface area contributed by atoms with E-state index in [4.69, 9.17) is 4.74 Å². The number of aliphatic hydroxyl groups is 1. The molecule has 55 heavy (non-hydrogen) atoms. The minimum absolute atomic E-state index is 0.0479. The first-order valence-electron chi connectivity index (χ1n) is 18.4. The van der Waals surface area contributed by atoms with Crippen molar-refractivity contribution in [2.75, 3.05) is 64.1 Å². The van der Waals surface area contributed by atoms with E-state index in [-0.39, 0.29) is 18.1 Å². The van der Waals surface area contributed by atoms with Gasteiger partial charge in [0, 0.05) is 23.5 Å². The van der Waals surface area contributed by atoms with Crippen LogP contribution in [0.5, 0.6) is 5.75 Å². The molecule has 0 aliphatic heterocycles. The summed E-state index contributed by atoms with van der Waals surface area (Å²) in [5, 5.41) is 34.5. The zero-order valence-corrected chi connectivity index (χ0v) is 33.6. The number of rotatable bonds is 20. The largest absolute Gasteiger partial charge is 0.491 e. The summed E-state index contributed by atoms with van der Waals surface area (Å²) in [6, 6.07) is 14.4. The highest BCUT2D eigenvalue weighted by atomic mass is 32.1. The number of nitrogens with one attached hydrogen (secondary N) is 1.